The van der Waals surface area contributed by atoms with Crippen LogP contribution in [0.3, 0.4) is 0 Å². The number of amides is 2. The number of aromatic nitrogens is 1. The Balaban J connectivity index is 1.21. The van der Waals surface area contributed by atoms with Gasteiger partial charge in [0.05, 0.1) is 18.0 Å². The standard InChI is InChI=1S/C32H36N4O6S/c1-31(2)24-13-14-32(31,28(37)18-24)20-43(41,42)36-27(29(38)39)16-21-9-11-22(12-10-21)23-6-5-8-25(17-23)35-30(40)34-19-26-7-3-4-15-33-26/h3-12,15,17,24,27,36H,13-14,16,18-20H2,1-2H3,(H,38,39)(H2,34,35,40)/t24-,27?,32+/m0/s1. The summed E-state index contributed by atoms with van der Waals surface area (Å²) in [6, 6.07) is 18.2. The topological polar surface area (TPSA) is 155 Å². The molecule has 3 atom stereocenters. The summed E-state index contributed by atoms with van der Waals surface area (Å²) in [4.78, 5) is 41.4. The smallest absolute Gasteiger partial charge is 0.322 e. The Bertz CT molecular complexity index is 1630. The summed E-state index contributed by atoms with van der Waals surface area (Å²) < 4.78 is 28.8. The molecule has 2 saturated carbocycles. The zero-order valence-electron chi connectivity index (χ0n) is 24.2. The number of nitrogens with zero attached hydrogens (tertiary/aromatic N) is 1. The average Bonchev–Trinajstić information content (AvgIpc) is 3.31. The van der Waals surface area contributed by atoms with Crippen LogP contribution in [0.5, 0.6) is 0 Å². The quantitative estimate of drug-likeness (QED) is 0.253. The van der Waals surface area contributed by atoms with Crippen LogP contribution < -0.4 is 15.4 Å². The fourth-order valence-corrected chi connectivity index (χ4v) is 8.59. The number of aliphatic carboxylic acids is 1. The second-order valence-corrected chi connectivity index (χ2v) is 13.8. The maximum absolute atomic E-state index is 13.2. The first-order valence-electron chi connectivity index (χ1n) is 14.3. The molecule has 11 heteroatoms. The molecule has 2 aromatic carbocycles. The summed E-state index contributed by atoms with van der Waals surface area (Å²) in [5.41, 5.74) is 2.23. The minimum Gasteiger partial charge on any atom is -0.480 e. The van der Waals surface area contributed by atoms with E-state index in [0.29, 0.717) is 30.6 Å². The maximum Gasteiger partial charge on any atom is 0.322 e. The normalized spacial score (nSPS) is 21.3. The summed E-state index contributed by atoms with van der Waals surface area (Å²) in [6.07, 6.45) is 3.31. The molecule has 226 valence electrons. The van der Waals surface area contributed by atoms with Gasteiger partial charge in [-0.3, -0.25) is 14.6 Å². The summed E-state index contributed by atoms with van der Waals surface area (Å²) in [7, 11) is -4.06. The molecule has 5 rings (SSSR count). The van der Waals surface area contributed by atoms with Gasteiger partial charge in [-0.2, -0.15) is 0 Å². The van der Waals surface area contributed by atoms with Crippen molar-refractivity contribution in [2.24, 2.45) is 16.7 Å². The van der Waals surface area contributed by atoms with Crippen LogP contribution in [-0.4, -0.2) is 48.1 Å². The van der Waals surface area contributed by atoms with Crippen molar-refractivity contribution in [1.29, 1.82) is 0 Å². The number of hydrogen-bond acceptors (Lipinski definition) is 6. The zero-order valence-corrected chi connectivity index (χ0v) is 25.0. The molecule has 0 saturated heterocycles. The van der Waals surface area contributed by atoms with Gasteiger partial charge in [-0.1, -0.05) is 56.3 Å². The first-order chi connectivity index (χ1) is 20.4. The van der Waals surface area contributed by atoms with Gasteiger partial charge in [0.1, 0.15) is 11.8 Å². The van der Waals surface area contributed by atoms with Crippen LogP contribution in [0.1, 0.15) is 44.4 Å². The van der Waals surface area contributed by atoms with Crippen molar-refractivity contribution < 1.29 is 27.9 Å². The number of pyridine rings is 1. The molecule has 2 aliphatic carbocycles. The molecule has 0 radical (unpaired) electrons. The number of ketones is 1. The molecular weight excluding hydrogens is 568 g/mol. The molecular formula is C32H36N4O6S. The van der Waals surface area contributed by atoms with Gasteiger partial charge in [0, 0.05) is 23.7 Å². The van der Waals surface area contributed by atoms with E-state index in [-0.39, 0.29) is 24.2 Å². The van der Waals surface area contributed by atoms with Gasteiger partial charge in [-0.15, -0.1) is 0 Å². The van der Waals surface area contributed by atoms with E-state index in [1.807, 2.05) is 56.3 Å². The number of carboxylic acid groups (broad SMARTS) is 1. The van der Waals surface area contributed by atoms with E-state index in [0.717, 1.165) is 23.2 Å². The number of anilines is 1. The Morgan fingerprint density at radius 2 is 1.81 bits per heavy atom. The second kappa shape index (κ2) is 11.9. The Kier molecular flexibility index (Phi) is 8.40. The van der Waals surface area contributed by atoms with Gasteiger partial charge in [0.25, 0.3) is 0 Å². The van der Waals surface area contributed by atoms with Gasteiger partial charge >= 0.3 is 12.0 Å². The van der Waals surface area contributed by atoms with Crippen LogP contribution in [0, 0.1) is 16.7 Å². The average molecular weight is 605 g/mol. The number of sulfonamides is 1. The van der Waals surface area contributed by atoms with Crippen molar-refractivity contribution in [2.75, 3.05) is 11.1 Å². The van der Waals surface area contributed by atoms with Gasteiger partial charge in [-0.05, 0) is 71.6 Å². The molecule has 2 amide bonds. The van der Waals surface area contributed by atoms with E-state index in [4.69, 9.17) is 0 Å². The van der Waals surface area contributed by atoms with Gasteiger partial charge in [-0.25, -0.2) is 17.9 Å². The third kappa shape index (κ3) is 6.47. The van der Waals surface area contributed by atoms with Crippen LogP contribution in [0.15, 0.2) is 72.9 Å². The van der Waals surface area contributed by atoms with Crippen LogP contribution in [-0.2, 0) is 32.6 Å². The number of nitrogens with one attached hydrogen (secondary N) is 3. The lowest BCUT2D eigenvalue weighted by atomic mass is 9.70. The Labute approximate surface area is 251 Å². The highest BCUT2D eigenvalue weighted by Crippen LogP contribution is 2.64. The summed E-state index contributed by atoms with van der Waals surface area (Å²) in [6.45, 7) is 4.19. The van der Waals surface area contributed by atoms with E-state index >= 15 is 0 Å². The van der Waals surface area contributed by atoms with Crippen molar-refractivity contribution >= 4 is 33.5 Å². The van der Waals surface area contributed by atoms with Crippen LogP contribution in [0.25, 0.3) is 11.1 Å². The Morgan fingerprint density at radius 3 is 2.44 bits per heavy atom. The number of benzene rings is 2. The highest BCUT2D eigenvalue weighted by molar-refractivity contribution is 7.89. The summed E-state index contributed by atoms with van der Waals surface area (Å²) in [5, 5.41) is 15.4. The number of carbonyl (C=O) groups is 3. The van der Waals surface area contributed by atoms with E-state index in [1.54, 1.807) is 30.5 Å². The molecule has 2 aliphatic rings. The van der Waals surface area contributed by atoms with Crippen LogP contribution in [0.4, 0.5) is 10.5 Å². The molecule has 1 unspecified atom stereocenters. The second-order valence-electron chi connectivity index (χ2n) is 12.0. The predicted molar refractivity (Wildman–Crippen MR) is 163 cm³/mol. The van der Waals surface area contributed by atoms with Gasteiger partial charge in [0.15, 0.2) is 0 Å². The summed E-state index contributed by atoms with van der Waals surface area (Å²) >= 11 is 0. The van der Waals surface area contributed by atoms with Crippen molar-refractivity contribution in [3.63, 3.8) is 0 Å². The van der Waals surface area contributed by atoms with E-state index < -0.39 is 38.6 Å². The lowest BCUT2D eigenvalue weighted by Crippen LogP contribution is -2.49. The van der Waals surface area contributed by atoms with Crippen molar-refractivity contribution in [3.05, 3.63) is 84.2 Å². The molecule has 43 heavy (non-hydrogen) atoms. The largest absolute Gasteiger partial charge is 0.480 e. The number of carbonyl (C=O) groups excluding carboxylic acids is 2. The Morgan fingerprint density at radius 1 is 1.05 bits per heavy atom. The zero-order chi connectivity index (χ0) is 30.8. The fraction of sp³-hybridized carbons (Fsp3) is 0.375. The molecule has 1 aromatic heterocycles. The first-order valence-corrected chi connectivity index (χ1v) is 15.9. The number of hydrogen-bond donors (Lipinski definition) is 4. The monoisotopic (exact) mass is 604 g/mol. The van der Waals surface area contributed by atoms with Gasteiger partial charge < -0.3 is 15.7 Å². The highest BCUT2D eigenvalue weighted by Gasteiger charge is 2.65. The molecule has 4 N–H and O–H groups in total. The number of carboxylic acids is 1. The lowest BCUT2D eigenvalue weighted by Gasteiger charge is -2.36. The third-order valence-corrected chi connectivity index (χ3v) is 10.7. The van der Waals surface area contributed by atoms with Gasteiger partial charge in [0.2, 0.25) is 10.0 Å². The molecule has 2 bridgehead atoms. The molecule has 0 aliphatic heterocycles. The van der Waals surface area contributed by atoms with Crippen molar-refractivity contribution in [3.8, 4) is 11.1 Å². The number of fused-ring (bicyclic) bond motifs is 2. The lowest BCUT2D eigenvalue weighted by molar-refractivity contribution is -0.138. The fourth-order valence-electron chi connectivity index (χ4n) is 6.56. The van der Waals surface area contributed by atoms with E-state index in [9.17, 15) is 27.9 Å². The third-order valence-electron chi connectivity index (χ3n) is 9.20. The van der Waals surface area contributed by atoms with E-state index in [2.05, 4.69) is 20.3 Å². The minimum atomic E-state index is -4.06. The number of urea groups is 1. The summed E-state index contributed by atoms with van der Waals surface area (Å²) in [5.74, 6) is -1.55. The molecule has 2 fully saturated rings. The first kappa shape index (κ1) is 30.4. The maximum atomic E-state index is 13.2. The van der Waals surface area contributed by atoms with Crippen molar-refractivity contribution in [2.45, 2.75) is 52.1 Å². The predicted octanol–water partition coefficient (Wildman–Crippen LogP) is 4.38. The minimum absolute atomic E-state index is 0.0361. The Hall–Kier alpha value is -4.09. The van der Waals surface area contributed by atoms with Crippen LogP contribution in [0.2, 0.25) is 0 Å². The molecule has 0 spiro atoms. The molecule has 3 aromatic rings. The highest BCUT2D eigenvalue weighted by atomic mass is 32.2. The number of rotatable bonds is 11. The SMILES string of the molecule is CC1(C)[C@H]2CC[C@@]1(CS(=O)(=O)NC(Cc1ccc(-c3cccc(NC(=O)NCc4ccccn4)c3)cc1)C(=O)O)C(=O)C2. The van der Waals surface area contributed by atoms with Crippen molar-refractivity contribution in [1.82, 2.24) is 15.0 Å². The number of Topliss-reactive ketones (excluding diaryl/α,β-unsaturated/α-hetero) is 1. The van der Waals surface area contributed by atoms with E-state index in [1.165, 1.54) is 0 Å². The van der Waals surface area contributed by atoms with Crippen LogP contribution >= 0.6 is 0 Å². The molecule has 1 heterocycles. The molecule has 10 nitrogen and oxygen atoms in total.